The van der Waals surface area contributed by atoms with Crippen molar-refractivity contribution in [3.63, 3.8) is 0 Å². The number of anilines is 1. The molecule has 3 rings (SSSR count). The molecule has 2 amide bonds. The number of hydrogen-bond donors (Lipinski definition) is 2. The maximum Gasteiger partial charge on any atom is 0.337 e. The summed E-state index contributed by atoms with van der Waals surface area (Å²) in [5.74, 6) is -1.76. The third-order valence-corrected chi connectivity index (χ3v) is 5.29. The number of nitrogens with one attached hydrogen (secondary N) is 2. The molecule has 0 bridgehead atoms. The highest BCUT2D eigenvalue weighted by Gasteiger charge is 2.18. The molecular formula is C21H16ClFN2O4S. The predicted octanol–water partition coefficient (Wildman–Crippen LogP) is 4.51. The van der Waals surface area contributed by atoms with E-state index in [0.29, 0.717) is 20.5 Å². The number of benzene rings is 2. The fourth-order valence-corrected chi connectivity index (χ4v) is 3.67. The SMILES string of the molecule is COC(=O)c1ccc(C(=O)Nc2sc(Cl)cc2C(=O)NCc2ccc(F)cc2)cc1. The number of thiophene rings is 1. The molecule has 0 aliphatic heterocycles. The summed E-state index contributed by atoms with van der Waals surface area (Å²) in [7, 11) is 1.27. The van der Waals surface area contributed by atoms with E-state index in [1.807, 2.05) is 0 Å². The normalized spacial score (nSPS) is 10.4. The molecule has 0 aliphatic rings. The first-order valence-corrected chi connectivity index (χ1v) is 9.88. The minimum Gasteiger partial charge on any atom is -0.465 e. The molecule has 2 N–H and O–H groups in total. The molecule has 0 aliphatic carbocycles. The Bertz CT molecular complexity index is 1080. The van der Waals surface area contributed by atoms with Gasteiger partial charge < -0.3 is 15.4 Å². The van der Waals surface area contributed by atoms with E-state index in [1.165, 1.54) is 49.6 Å². The smallest absolute Gasteiger partial charge is 0.337 e. The highest BCUT2D eigenvalue weighted by Crippen LogP contribution is 2.32. The van der Waals surface area contributed by atoms with Crippen LogP contribution in [0.25, 0.3) is 0 Å². The Morgan fingerprint density at radius 2 is 1.63 bits per heavy atom. The van der Waals surface area contributed by atoms with E-state index in [-0.39, 0.29) is 17.9 Å². The van der Waals surface area contributed by atoms with E-state index in [2.05, 4.69) is 15.4 Å². The minimum atomic E-state index is -0.507. The number of esters is 1. The Morgan fingerprint density at radius 3 is 2.27 bits per heavy atom. The van der Waals surface area contributed by atoms with E-state index < -0.39 is 17.8 Å². The highest BCUT2D eigenvalue weighted by atomic mass is 35.5. The van der Waals surface area contributed by atoms with Crippen molar-refractivity contribution in [1.29, 1.82) is 0 Å². The molecule has 0 saturated heterocycles. The molecule has 2 aromatic carbocycles. The highest BCUT2D eigenvalue weighted by molar-refractivity contribution is 7.20. The molecule has 6 nitrogen and oxygen atoms in total. The molecular weight excluding hydrogens is 431 g/mol. The zero-order valence-corrected chi connectivity index (χ0v) is 17.3. The average Bonchev–Trinajstić information content (AvgIpc) is 3.12. The molecule has 0 spiro atoms. The van der Waals surface area contributed by atoms with Crippen molar-refractivity contribution >= 4 is 45.7 Å². The van der Waals surface area contributed by atoms with Crippen molar-refractivity contribution < 1.29 is 23.5 Å². The van der Waals surface area contributed by atoms with Crippen LogP contribution in [0.4, 0.5) is 9.39 Å². The lowest BCUT2D eigenvalue weighted by Crippen LogP contribution is -2.24. The van der Waals surface area contributed by atoms with Gasteiger partial charge in [0.05, 0.1) is 22.6 Å². The Hall–Kier alpha value is -3.23. The lowest BCUT2D eigenvalue weighted by molar-refractivity contribution is 0.0600. The standard InChI is InChI=1S/C21H16ClFN2O4S/c1-29-21(28)14-6-4-13(5-7-14)18(26)25-20-16(10-17(22)30-20)19(27)24-11-12-2-8-15(23)9-3-12/h2-10H,11H2,1H3,(H,24,27)(H,25,26). The van der Waals surface area contributed by atoms with Crippen LogP contribution in [0.15, 0.2) is 54.6 Å². The Morgan fingerprint density at radius 1 is 1.00 bits per heavy atom. The second-order valence-electron chi connectivity index (χ2n) is 6.13. The summed E-state index contributed by atoms with van der Waals surface area (Å²) in [6, 6.07) is 13.1. The first-order valence-electron chi connectivity index (χ1n) is 8.69. The van der Waals surface area contributed by atoms with E-state index in [1.54, 1.807) is 12.1 Å². The van der Waals surface area contributed by atoms with Gasteiger partial charge in [0.1, 0.15) is 10.8 Å². The lowest BCUT2D eigenvalue weighted by Gasteiger charge is -2.08. The van der Waals surface area contributed by atoms with E-state index >= 15 is 0 Å². The zero-order chi connectivity index (χ0) is 21.7. The largest absolute Gasteiger partial charge is 0.465 e. The van der Waals surface area contributed by atoms with Gasteiger partial charge in [-0.05, 0) is 48.0 Å². The van der Waals surface area contributed by atoms with Crippen LogP contribution >= 0.6 is 22.9 Å². The Balaban J connectivity index is 1.69. The fourth-order valence-electron chi connectivity index (χ4n) is 2.55. The number of carbonyl (C=O) groups is 3. The summed E-state index contributed by atoms with van der Waals surface area (Å²) in [5, 5.41) is 5.67. The molecule has 1 aromatic heterocycles. The van der Waals surface area contributed by atoms with E-state index in [0.717, 1.165) is 16.9 Å². The first kappa shape index (κ1) is 21.5. The minimum absolute atomic E-state index is 0.189. The summed E-state index contributed by atoms with van der Waals surface area (Å²) >= 11 is 7.09. The van der Waals surface area contributed by atoms with Crippen LogP contribution in [0, 0.1) is 5.82 Å². The van der Waals surface area contributed by atoms with Gasteiger partial charge in [0.15, 0.2) is 0 Å². The van der Waals surface area contributed by atoms with Crippen LogP contribution in [0.2, 0.25) is 4.34 Å². The number of amides is 2. The quantitative estimate of drug-likeness (QED) is 0.545. The summed E-state index contributed by atoms with van der Waals surface area (Å²) in [6.07, 6.45) is 0. The van der Waals surface area contributed by atoms with Gasteiger partial charge in [-0.2, -0.15) is 0 Å². The van der Waals surface area contributed by atoms with Gasteiger partial charge in [0.2, 0.25) is 0 Å². The Labute approximate surface area is 180 Å². The van der Waals surface area contributed by atoms with E-state index in [4.69, 9.17) is 11.6 Å². The molecule has 1 heterocycles. The number of halogens is 2. The molecule has 0 saturated carbocycles. The van der Waals surface area contributed by atoms with Crippen LogP contribution in [0.5, 0.6) is 0 Å². The topological polar surface area (TPSA) is 84.5 Å². The molecule has 9 heteroatoms. The first-order chi connectivity index (χ1) is 14.4. The summed E-state index contributed by atoms with van der Waals surface area (Å²) in [5.41, 5.74) is 1.55. The maximum absolute atomic E-state index is 13.0. The van der Waals surface area contributed by atoms with Crippen molar-refractivity contribution in [1.82, 2.24) is 5.32 Å². The van der Waals surface area contributed by atoms with Gasteiger partial charge in [-0.25, -0.2) is 9.18 Å². The van der Waals surface area contributed by atoms with Gasteiger partial charge in [-0.3, -0.25) is 9.59 Å². The zero-order valence-electron chi connectivity index (χ0n) is 15.7. The average molecular weight is 447 g/mol. The third-order valence-electron chi connectivity index (χ3n) is 4.11. The Kier molecular flexibility index (Phi) is 6.81. The van der Waals surface area contributed by atoms with Gasteiger partial charge in [0.25, 0.3) is 11.8 Å². The molecule has 0 radical (unpaired) electrons. The summed E-state index contributed by atoms with van der Waals surface area (Å²) < 4.78 is 17.9. The molecule has 154 valence electrons. The van der Waals surface area contributed by atoms with Crippen LogP contribution < -0.4 is 10.6 Å². The second kappa shape index (κ2) is 9.51. The number of carbonyl (C=O) groups excluding carboxylic acids is 3. The number of rotatable bonds is 6. The molecule has 0 atom stereocenters. The second-order valence-corrected chi connectivity index (χ2v) is 7.81. The van der Waals surface area contributed by atoms with Crippen LogP contribution in [0.1, 0.15) is 36.6 Å². The lowest BCUT2D eigenvalue weighted by atomic mass is 10.1. The molecule has 30 heavy (non-hydrogen) atoms. The van der Waals surface area contributed by atoms with Gasteiger partial charge in [0, 0.05) is 12.1 Å². The number of methoxy groups -OCH3 is 1. The van der Waals surface area contributed by atoms with Crippen molar-refractivity contribution in [2.75, 3.05) is 12.4 Å². The summed E-state index contributed by atoms with van der Waals surface area (Å²) in [6.45, 7) is 0.189. The monoisotopic (exact) mass is 446 g/mol. The van der Waals surface area contributed by atoms with Gasteiger partial charge >= 0.3 is 5.97 Å². The van der Waals surface area contributed by atoms with Crippen molar-refractivity contribution in [3.05, 3.63) is 87.0 Å². The van der Waals surface area contributed by atoms with Gasteiger partial charge in [-0.1, -0.05) is 23.7 Å². The third kappa shape index (κ3) is 5.22. The van der Waals surface area contributed by atoms with Crippen molar-refractivity contribution in [2.24, 2.45) is 0 Å². The van der Waals surface area contributed by atoms with Crippen molar-refractivity contribution in [2.45, 2.75) is 6.54 Å². The van der Waals surface area contributed by atoms with Crippen LogP contribution in [-0.2, 0) is 11.3 Å². The molecule has 3 aromatic rings. The molecule has 0 fully saturated rings. The van der Waals surface area contributed by atoms with Crippen LogP contribution in [-0.4, -0.2) is 24.9 Å². The number of ether oxygens (including phenoxy) is 1. The van der Waals surface area contributed by atoms with Gasteiger partial charge in [-0.15, -0.1) is 11.3 Å². The summed E-state index contributed by atoms with van der Waals surface area (Å²) in [4.78, 5) is 36.6. The predicted molar refractivity (Wildman–Crippen MR) is 113 cm³/mol. The number of hydrogen-bond acceptors (Lipinski definition) is 5. The van der Waals surface area contributed by atoms with E-state index in [9.17, 15) is 18.8 Å². The van der Waals surface area contributed by atoms with Crippen LogP contribution in [0.3, 0.4) is 0 Å². The van der Waals surface area contributed by atoms with Crippen molar-refractivity contribution in [3.8, 4) is 0 Å². The molecule has 0 unspecified atom stereocenters. The fraction of sp³-hybridized carbons (Fsp3) is 0.0952. The maximum atomic E-state index is 13.0.